The van der Waals surface area contributed by atoms with E-state index >= 15 is 0 Å². The monoisotopic (exact) mass is 585 g/mol. The lowest BCUT2D eigenvalue weighted by atomic mass is 9.89. The SMILES string of the molecule is COc1ccc(OC)c(C(c2c(C)cccc2C)N(C(=O)O)c2ccnc(Nc3ccc(OCCCN(C)C)cc3)n2)c1. The predicted octanol–water partition coefficient (Wildman–Crippen LogP) is 6.46. The lowest BCUT2D eigenvalue weighted by Gasteiger charge is -2.32. The summed E-state index contributed by atoms with van der Waals surface area (Å²) in [5.41, 5.74) is 4.04. The largest absolute Gasteiger partial charge is 0.497 e. The van der Waals surface area contributed by atoms with E-state index in [0.29, 0.717) is 23.7 Å². The zero-order chi connectivity index (χ0) is 30.9. The summed E-state index contributed by atoms with van der Waals surface area (Å²) in [6.45, 7) is 5.51. The molecule has 0 aliphatic rings. The van der Waals surface area contributed by atoms with Gasteiger partial charge in [0.05, 0.1) is 26.9 Å². The van der Waals surface area contributed by atoms with Crippen LogP contribution in [0.25, 0.3) is 0 Å². The number of anilines is 3. The van der Waals surface area contributed by atoms with Crippen LogP contribution < -0.4 is 24.4 Å². The van der Waals surface area contributed by atoms with Crippen molar-refractivity contribution in [1.82, 2.24) is 14.9 Å². The van der Waals surface area contributed by atoms with Crippen molar-refractivity contribution in [2.24, 2.45) is 0 Å². The van der Waals surface area contributed by atoms with Gasteiger partial charge in [0, 0.05) is 24.0 Å². The van der Waals surface area contributed by atoms with Crippen LogP contribution in [0.15, 0.2) is 72.9 Å². The maximum atomic E-state index is 13.1. The van der Waals surface area contributed by atoms with Crippen molar-refractivity contribution in [2.75, 3.05) is 51.7 Å². The number of ether oxygens (including phenoxy) is 3. The normalized spacial score (nSPS) is 11.6. The zero-order valence-corrected chi connectivity index (χ0v) is 25.5. The van der Waals surface area contributed by atoms with Crippen molar-refractivity contribution in [3.8, 4) is 17.2 Å². The number of hydrogen-bond donors (Lipinski definition) is 2. The summed E-state index contributed by atoms with van der Waals surface area (Å²) < 4.78 is 17.1. The van der Waals surface area contributed by atoms with Gasteiger partial charge in [0.1, 0.15) is 23.1 Å². The molecule has 0 aliphatic heterocycles. The molecule has 1 aromatic heterocycles. The minimum Gasteiger partial charge on any atom is -0.497 e. The molecular weight excluding hydrogens is 546 g/mol. The Labute approximate surface area is 252 Å². The van der Waals surface area contributed by atoms with Gasteiger partial charge >= 0.3 is 6.09 Å². The molecule has 4 aromatic rings. The van der Waals surface area contributed by atoms with Gasteiger partial charge in [0.15, 0.2) is 0 Å². The number of amides is 1. The van der Waals surface area contributed by atoms with Crippen LogP contribution in [0.3, 0.4) is 0 Å². The first-order chi connectivity index (χ1) is 20.7. The number of benzene rings is 3. The summed E-state index contributed by atoms with van der Waals surface area (Å²) in [6, 6.07) is 19.5. The van der Waals surface area contributed by atoms with E-state index in [0.717, 1.165) is 41.1 Å². The van der Waals surface area contributed by atoms with Crippen LogP contribution in [-0.4, -0.2) is 67.5 Å². The summed E-state index contributed by atoms with van der Waals surface area (Å²) in [5, 5.41) is 13.9. The maximum Gasteiger partial charge on any atom is 0.413 e. The number of aryl methyl sites for hydroxylation is 2. The smallest absolute Gasteiger partial charge is 0.413 e. The third kappa shape index (κ3) is 7.72. The first-order valence-corrected chi connectivity index (χ1v) is 14.0. The Hall–Kier alpha value is -4.83. The fourth-order valence-electron chi connectivity index (χ4n) is 4.95. The van der Waals surface area contributed by atoms with E-state index in [9.17, 15) is 9.90 Å². The molecule has 0 saturated carbocycles. The molecule has 0 radical (unpaired) electrons. The topological polar surface area (TPSA) is 109 Å². The Kier molecular flexibility index (Phi) is 10.4. The van der Waals surface area contributed by atoms with Crippen LogP contribution in [0.4, 0.5) is 22.2 Å². The minimum atomic E-state index is -1.18. The van der Waals surface area contributed by atoms with Gasteiger partial charge in [-0.2, -0.15) is 4.98 Å². The van der Waals surface area contributed by atoms with E-state index in [4.69, 9.17) is 14.2 Å². The first kappa shape index (κ1) is 31.1. The number of hydrogen-bond acceptors (Lipinski definition) is 8. The molecule has 0 aliphatic carbocycles. The van der Waals surface area contributed by atoms with Crippen molar-refractivity contribution in [3.63, 3.8) is 0 Å². The average molecular weight is 586 g/mol. The molecule has 10 heteroatoms. The highest BCUT2D eigenvalue weighted by atomic mass is 16.5. The van der Waals surface area contributed by atoms with Crippen LogP contribution >= 0.6 is 0 Å². The highest BCUT2D eigenvalue weighted by Gasteiger charge is 2.34. The fraction of sp³-hybridized carbons (Fsp3) is 0.303. The van der Waals surface area contributed by atoms with Gasteiger partial charge in [-0.3, -0.25) is 0 Å². The molecule has 226 valence electrons. The number of carbonyl (C=O) groups is 1. The highest BCUT2D eigenvalue weighted by molar-refractivity contribution is 5.87. The van der Waals surface area contributed by atoms with Gasteiger partial charge in [-0.15, -0.1) is 0 Å². The van der Waals surface area contributed by atoms with Gasteiger partial charge in [-0.25, -0.2) is 14.7 Å². The van der Waals surface area contributed by atoms with Crippen LogP contribution in [0.5, 0.6) is 17.2 Å². The molecule has 3 aromatic carbocycles. The van der Waals surface area contributed by atoms with Crippen LogP contribution in [-0.2, 0) is 0 Å². The molecule has 43 heavy (non-hydrogen) atoms. The van der Waals surface area contributed by atoms with Crippen LogP contribution in [0.1, 0.15) is 34.7 Å². The van der Waals surface area contributed by atoms with E-state index in [1.165, 1.54) is 11.1 Å². The molecular formula is C33H39N5O5. The first-order valence-electron chi connectivity index (χ1n) is 14.0. The summed E-state index contributed by atoms with van der Waals surface area (Å²) in [7, 11) is 7.20. The molecule has 1 unspecified atom stereocenters. The van der Waals surface area contributed by atoms with Crippen LogP contribution in [0.2, 0.25) is 0 Å². The zero-order valence-electron chi connectivity index (χ0n) is 25.5. The van der Waals surface area contributed by atoms with Gasteiger partial charge in [0.2, 0.25) is 5.95 Å². The Morgan fingerprint density at radius 2 is 1.65 bits per heavy atom. The molecule has 2 N–H and O–H groups in total. The lowest BCUT2D eigenvalue weighted by molar-refractivity contribution is 0.199. The number of rotatable bonds is 13. The molecule has 1 amide bonds. The molecule has 0 spiro atoms. The Bertz CT molecular complexity index is 1510. The summed E-state index contributed by atoms with van der Waals surface area (Å²) in [6.07, 6.45) is 1.28. The number of nitrogens with zero attached hydrogens (tertiary/aromatic N) is 4. The van der Waals surface area contributed by atoms with E-state index in [1.807, 2.05) is 70.4 Å². The molecule has 1 heterocycles. The Morgan fingerprint density at radius 1 is 0.953 bits per heavy atom. The highest BCUT2D eigenvalue weighted by Crippen LogP contribution is 2.41. The van der Waals surface area contributed by atoms with Crippen molar-refractivity contribution in [2.45, 2.75) is 26.3 Å². The van der Waals surface area contributed by atoms with E-state index in [1.54, 1.807) is 38.5 Å². The van der Waals surface area contributed by atoms with E-state index in [2.05, 4.69) is 20.2 Å². The third-order valence-electron chi connectivity index (χ3n) is 7.03. The molecule has 4 rings (SSSR count). The van der Waals surface area contributed by atoms with Crippen molar-refractivity contribution < 1.29 is 24.1 Å². The Balaban J connectivity index is 1.70. The van der Waals surface area contributed by atoms with Gasteiger partial charge in [-0.05, 0) is 99.6 Å². The number of nitrogens with one attached hydrogen (secondary N) is 1. The van der Waals surface area contributed by atoms with E-state index in [-0.39, 0.29) is 11.8 Å². The maximum absolute atomic E-state index is 13.1. The standard InChI is InChI=1S/C33H39N5O5/c1-22-9-7-10-23(2)30(22)31(27-21-26(41-5)15-16-28(27)42-6)38(33(39)40)29-17-18-34-32(36-29)35-24-11-13-25(14-12-24)43-20-8-19-37(3)4/h7,9-18,21,31H,8,19-20H2,1-6H3,(H,39,40)(H,34,35,36). The molecule has 1 atom stereocenters. The third-order valence-corrected chi connectivity index (χ3v) is 7.03. The second-order valence-corrected chi connectivity index (χ2v) is 10.4. The second-order valence-electron chi connectivity index (χ2n) is 10.4. The van der Waals surface area contributed by atoms with Gasteiger partial charge in [-0.1, -0.05) is 18.2 Å². The van der Waals surface area contributed by atoms with Crippen molar-refractivity contribution in [1.29, 1.82) is 0 Å². The molecule has 0 fully saturated rings. The number of methoxy groups -OCH3 is 2. The van der Waals surface area contributed by atoms with E-state index < -0.39 is 12.1 Å². The second kappa shape index (κ2) is 14.4. The number of carboxylic acid groups (broad SMARTS) is 1. The average Bonchev–Trinajstić information content (AvgIpc) is 2.99. The summed E-state index contributed by atoms with van der Waals surface area (Å²) in [4.78, 5) is 25.4. The molecule has 0 bridgehead atoms. The summed E-state index contributed by atoms with van der Waals surface area (Å²) in [5.74, 6) is 2.31. The minimum absolute atomic E-state index is 0.198. The van der Waals surface area contributed by atoms with Crippen molar-refractivity contribution >= 4 is 23.5 Å². The predicted molar refractivity (Wildman–Crippen MR) is 168 cm³/mol. The summed E-state index contributed by atoms with van der Waals surface area (Å²) >= 11 is 0. The van der Waals surface area contributed by atoms with Gasteiger partial charge < -0.3 is 29.5 Å². The Morgan fingerprint density at radius 3 is 2.28 bits per heavy atom. The van der Waals surface area contributed by atoms with Crippen molar-refractivity contribution in [3.05, 3.63) is 95.2 Å². The van der Waals surface area contributed by atoms with Crippen LogP contribution in [0, 0.1) is 13.8 Å². The molecule has 10 nitrogen and oxygen atoms in total. The lowest BCUT2D eigenvalue weighted by Crippen LogP contribution is -2.36. The quantitative estimate of drug-likeness (QED) is 0.171. The number of aromatic nitrogens is 2. The fourth-order valence-corrected chi connectivity index (χ4v) is 4.95. The van der Waals surface area contributed by atoms with Gasteiger partial charge in [0.25, 0.3) is 0 Å². The molecule has 0 saturated heterocycles.